The van der Waals surface area contributed by atoms with E-state index in [0.717, 1.165) is 48.9 Å². The first-order valence-electron chi connectivity index (χ1n) is 9.85. The van der Waals surface area contributed by atoms with E-state index >= 15 is 0 Å². The molecule has 1 aliphatic heterocycles. The van der Waals surface area contributed by atoms with Crippen molar-refractivity contribution in [1.29, 1.82) is 0 Å². The van der Waals surface area contributed by atoms with Gasteiger partial charge in [-0.2, -0.15) is 4.98 Å². The standard InChI is InChI=1S/C21H25N5O/c1-14-19-20(22-15(2)23-21(19)27-24-14)26-11-9-25(10-12-26)18-8-7-16-5-3-4-6-17(16)13-18/h3-6,18H,7-13H2,1-2H3/t18-/m0/s1. The molecule has 0 N–H and O–H groups in total. The molecule has 1 fully saturated rings. The molecule has 0 radical (unpaired) electrons. The lowest BCUT2D eigenvalue weighted by Crippen LogP contribution is -2.52. The van der Waals surface area contributed by atoms with Gasteiger partial charge in [-0.25, -0.2) is 4.98 Å². The zero-order valence-electron chi connectivity index (χ0n) is 16.0. The highest BCUT2D eigenvalue weighted by Gasteiger charge is 2.29. The predicted octanol–water partition coefficient (Wildman–Crippen LogP) is 2.91. The molecular formula is C21H25N5O. The maximum Gasteiger partial charge on any atom is 0.263 e. The van der Waals surface area contributed by atoms with Crippen LogP contribution >= 0.6 is 0 Å². The molecule has 3 aromatic rings. The molecule has 27 heavy (non-hydrogen) atoms. The second-order valence-electron chi connectivity index (χ2n) is 7.73. The smallest absolute Gasteiger partial charge is 0.263 e. The highest BCUT2D eigenvalue weighted by Crippen LogP contribution is 2.29. The van der Waals surface area contributed by atoms with E-state index in [1.165, 1.54) is 30.4 Å². The van der Waals surface area contributed by atoms with E-state index in [2.05, 4.69) is 44.2 Å². The monoisotopic (exact) mass is 363 g/mol. The van der Waals surface area contributed by atoms with Gasteiger partial charge in [-0.1, -0.05) is 29.4 Å². The fourth-order valence-corrected chi connectivity index (χ4v) is 4.59. The van der Waals surface area contributed by atoms with Gasteiger partial charge in [0.25, 0.3) is 5.71 Å². The fourth-order valence-electron chi connectivity index (χ4n) is 4.59. The number of fused-ring (bicyclic) bond motifs is 2. The van der Waals surface area contributed by atoms with Gasteiger partial charge >= 0.3 is 0 Å². The third-order valence-electron chi connectivity index (χ3n) is 6.05. The molecule has 1 saturated heterocycles. The molecule has 140 valence electrons. The van der Waals surface area contributed by atoms with Crippen molar-refractivity contribution in [2.24, 2.45) is 0 Å². The van der Waals surface area contributed by atoms with Crippen molar-refractivity contribution in [3.63, 3.8) is 0 Å². The maximum absolute atomic E-state index is 5.37. The van der Waals surface area contributed by atoms with Crippen molar-refractivity contribution in [1.82, 2.24) is 20.0 Å². The van der Waals surface area contributed by atoms with Crippen molar-refractivity contribution >= 4 is 16.9 Å². The first-order valence-corrected chi connectivity index (χ1v) is 9.85. The second-order valence-corrected chi connectivity index (χ2v) is 7.73. The SMILES string of the molecule is Cc1nc(N2CCN([C@H]3CCc4ccccc4C3)CC2)c2c(C)noc2n1. The summed E-state index contributed by atoms with van der Waals surface area (Å²) in [6.45, 7) is 7.98. The molecule has 3 heterocycles. The summed E-state index contributed by atoms with van der Waals surface area (Å²) in [6.07, 6.45) is 3.64. The van der Waals surface area contributed by atoms with Gasteiger partial charge < -0.3 is 9.42 Å². The molecule has 2 aliphatic rings. The molecule has 1 atom stereocenters. The molecule has 5 rings (SSSR count). The van der Waals surface area contributed by atoms with Crippen LogP contribution in [-0.4, -0.2) is 52.2 Å². The van der Waals surface area contributed by atoms with Gasteiger partial charge in [0, 0.05) is 32.2 Å². The average Bonchev–Trinajstić information content (AvgIpc) is 3.07. The van der Waals surface area contributed by atoms with Crippen LogP contribution in [0.5, 0.6) is 0 Å². The Morgan fingerprint density at radius 1 is 1.00 bits per heavy atom. The van der Waals surface area contributed by atoms with Crippen molar-refractivity contribution < 1.29 is 4.52 Å². The molecule has 0 saturated carbocycles. The third-order valence-corrected chi connectivity index (χ3v) is 6.05. The molecular weight excluding hydrogens is 338 g/mol. The van der Waals surface area contributed by atoms with Crippen LogP contribution in [0.1, 0.15) is 29.1 Å². The molecule has 1 aromatic carbocycles. The Kier molecular flexibility index (Phi) is 4.08. The van der Waals surface area contributed by atoms with E-state index in [4.69, 9.17) is 9.51 Å². The van der Waals surface area contributed by atoms with Crippen molar-refractivity contribution in [2.45, 2.75) is 39.2 Å². The van der Waals surface area contributed by atoms with Crippen LogP contribution < -0.4 is 4.90 Å². The number of piperazine rings is 1. The normalized spacial score (nSPS) is 20.8. The number of benzene rings is 1. The Morgan fingerprint density at radius 2 is 1.78 bits per heavy atom. The lowest BCUT2D eigenvalue weighted by Gasteiger charge is -2.41. The molecule has 6 heteroatoms. The van der Waals surface area contributed by atoms with Gasteiger partial charge in [0.2, 0.25) is 0 Å². The topological polar surface area (TPSA) is 58.3 Å². The molecule has 6 nitrogen and oxygen atoms in total. The maximum atomic E-state index is 5.37. The van der Waals surface area contributed by atoms with Crippen LogP contribution in [0.3, 0.4) is 0 Å². The summed E-state index contributed by atoms with van der Waals surface area (Å²) in [5.74, 6) is 1.71. The van der Waals surface area contributed by atoms with Gasteiger partial charge in [0.15, 0.2) is 0 Å². The van der Waals surface area contributed by atoms with Crippen LogP contribution in [0, 0.1) is 13.8 Å². The Bertz CT molecular complexity index is 974. The highest BCUT2D eigenvalue weighted by atomic mass is 16.5. The number of aromatic nitrogens is 3. The number of hydrogen-bond donors (Lipinski definition) is 0. The van der Waals surface area contributed by atoms with Gasteiger partial charge in [-0.15, -0.1) is 0 Å². The van der Waals surface area contributed by atoms with Crippen LogP contribution in [0.25, 0.3) is 11.1 Å². The van der Waals surface area contributed by atoms with E-state index in [1.807, 2.05) is 13.8 Å². The Morgan fingerprint density at radius 3 is 2.59 bits per heavy atom. The van der Waals surface area contributed by atoms with E-state index in [1.54, 1.807) is 0 Å². The van der Waals surface area contributed by atoms with Crippen LogP contribution in [-0.2, 0) is 12.8 Å². The molecule has 1 aliphatic carbocycles. The summed E-state index contributed by atoms with van der Waals surface area (Å²) in [4.78, 5) is 14.1. The predicted molar refractivity (Wildman–Crippen MR) is 105 cm³/mol. The molecule has 2 aromatic heterocycles. The molecule has 0 unspecified atom stereocenters. The van der Waals surface area contributed by atoms with Crippen LogP contribution in [0.2, 0.25) is 0 Å². The van der Waals surface area contributed by atoms with Crippen molar-refractivity contribution in [2.75, 3.05) is 31.1 Å². The van der Waals surface area contributed by atoms with Gasteiger partial charge in [0.05, 0.1) is 5.69 Å². The van der Waals surface area contributed by atoms with E-state index in [0.29, 0.717) is 11.8 Å². The minimum Gasteiger partial charge on any atom is -0.353 e. The summed E-state index contributed by atoms with van der Waals surface area (Å²) in [5, 5.41) is 5.05. The number of hydrogen-bond acceptors (Lipinski definition) is 6. The zero-order chi connectivity index (χ0) is 18.4. The van der Waals surface area contributed by atoms with Gasteiger partial charge in [-0.05, 0) is 44.2 Å². The van der Waals surface area contributed by atoms with Gasteiger partial charge in [-0.3, -0.25) is 4.90 Å². The largest absolute Gasteiger partial charge is 0.353 e. The lowest BCUT2D eigenvalue weighted by molar-refractivity contribution is 0.170. The second kappa shape index (κ2) is 6.60. The van der Waals surface area contributed by atoms with Crippen LogP contribution in [0.15, 0.2) is 28.8 Å². The van der Waals surface area contributed by atoms with Gasteiger partial charge in [0.1, 0.15) is 17.0 Å². The number of anilines is 1. The Labute approximate surface area is 159 Å². The van der Waals surface area contributed by atoms with E-state index in [-0.39, 0.29) is 0 Å². The first-order chi connectivity index (χ1) is 13.2. The molecule has 0 amide bonds. The number of nitrogens with zero attached hydrogens (tertiary/aromatic N) is 5. The number of aryl methyl sites for hydroxylation is 3. The lowest BCUT2D eigenvalue weighted by atomic mass is 9.87. The summed E-state index contributed by atoms with van der Waals surface area (Å²) >= 11 is 0. The minimum atomic E-state index is 0.598. The third kappa shape index (κ3) is 2.98. The van der Waals surface area contributed by atoms with Crippen molar-refractivity contribution in [3.8, 4) is 0 Å². The van der Waals surface area contributed by atoms with Crippen LogP contribution in [0.4, 0.5) is 5.82 Å². The molecule has 0 bridgehead atoms. The zero-order valence-corrected chi connectivity index (χ0v) is 16.0. The summed E-state index contributed by atoms with van der Waals surface area (Å²) in [5.41, 5.74) is 4.53. The van der Waals surface area contributed by atoms with E-state index < -0.39 is 0 Å². The highest BCUT2D eigenvalue weighted by molar-refractivity contribution is 5.88. The fraction of sp³-hybridized carbons (Fsp3) is 0.476. The van der Waals surface area contributed by atoms with E-state index in [9.17, 15) is 0 Å². The Balaban J connectivity index is 1.32. The molecule has 0 spiro atoms. The first kappa shape index (κ1) is 16.7. The average molecular weight is 363 g/mol. The summed E-state index contributed by atoms with van der Waals surface area (Å²) in [6, 6.07) is 9.57. The quantitative estimate of drug-likeness (QED) is 0.698. The number of rotatable bonds is 2. The van der Waals surface area contributed by atoms with Crippen molar-refractivity contribution in [3.05, 3.63) is 46.9 Å². The summed E-state index contributed by atoms with van der Waals surface area (Å²) in [7, 11) is 0. The summed E-state index contributed by atoms with van der Waals surface area (Å²) < 4.78 is 5.37. The Hall–Kier alpha value is -2.47. The minimum absolute atomic E-state index is 0.598.